The average Bonchev–Trinajstić information content (AvgIpc) is 2.93. The van der Waals surface area contributed by atoms with Gasteiger partial charge in [0.15, 0.2) is 11.5 Å². The van der Waals surface area contributed by atoms with Gasteiger partial charge in [-0.1, -0.05) is 12.1 Å². The van der Waals surface area contributed by atoms with Crippen molar-refractivity contribution in [1.29, 1.82) is 0 Å². The van der Waals surface area contributed by atoms with Crippen molar-refractivity contribution >= 4 is 10.0 Å². The molecule has 1 fully saturated rings. The molecule has 0 radical (unpaired) electrons. The molecule has 2 heterocycles. The minimum absolute atomic E-state index is 0.159. The lowest BCUT2D eigenvalue weighted by atomic mass is 10.1. The van der Waals surface area contributed by atoms with Crippen LogP contribution in [0.5, 0.6) is 11.5 Å². The van der Waals surface area contributed by atoms with Crippen molar-refractivity contribution in [2.45, 2.75) is 17.4 Å². The van der Waals surface area contributed by atoms with Crippen molar-refractivity contribution in [2.75, 3.05) is 32.9 Å². The number of nitrogens with zero attached hydrogens (tertiary/aromatic N) is 1. The maximum atomic E-state index is 13.1. The maximum absolute atomic E-state index is 13.1. The van der Waals surface area contributed by atoms with Crippen LogP contribution < -0.4 is 9.47 Å². The standard InChI is InChI=1S/C19H20FNO5S/c20-15-4-2-14(3-5-15)19-13-21(8-11-26-19)27(22,23)16-6-7-17-18(12-16)25-10-1-9-24-17/h2-7,12,19H,1,8-11,13H2. The molecule has 2 aromatic carbocycles. The first kappa shape index (κ1) is 18.2. The summed E-state index contributed by atoms with van der Waals surface area (Å²) in [6.07, 6.45) is 0.314. The van der Waals surface area contributed by atoms with Crippen molar-refractivity contribution < 1.29 is 27.0 Å². The summed E-state index contributed by atoms with van der Waals surface area (Å²) in [5, 5.41) is 0. The number of fused-ring (bicyclic) bond motifs is 1. The molecule has 2 aliphatic heterocycles. The first-order valence-electron chi connectivity index (χ1n) is 8.81. The fourth-order valence-corrected chi connectivity index (χ4v) is 4.62. The van der Waals surface area contributed by atoms with Crippen LogP contribution in [0.3, 0.4) is 0 Å². The summed E-state index contributed by atoms with van der Waals surface area (Å²) in [5.41, 5.74) is 0.745. The molecule has 0 bridgehead atoms. The number of hydrogen-bond donors (Lipinski definition) is 0. The summed E-state index contributed by atoms with van der Waals surface area (Å²) < 4.78 is 57.6. The number of halogens is 1. The molecular weight excluding hydrogens is 373 g/mol. The number of rotatable bonds is 3. The van der Waals surface area contributed by atoms with Gasteiger partial charge in [-0.25, -0.2) is 12.8 Å². The molecule has 8 heteroatoms. The summed E-state index contributed by atoms with van der Waals surface area (Å²) in [5.74, 6) is 0.653. The van der Waals surface area contributed by atoms with E-state index < -0.39 is 16.1 Å². The molecule has 2 aromatic rings. The Balaban J connectivity index is 1.58. The Morgan fingerprint density at radius 3 is 2.48 bits per heavy atom. The second-order valence-electron chi connectivity index (χ2n) is 6.43. The van der Waals surface area contributed by atoms with E-state index in [0.717, 1.165) is 12.0 Å². The van der Waals surface area contributed by atoms with E-state index in [4.69, 9.17) is 14.2 Å². The van der Waals surface area contributed by atoms with E-state index in [1.54, 1.807) is 18.2 Å². The van der Waals surface area contributed by atoms with Gasteiger partial charge in [-0.2, -0.15) is 4.31 Å². The molecule has 27 heavy (non-hydrogen) atoms. The van der Waals surface area contributed by atoms with E-state index >= 15 is 0 Å². The lowest BCUT2D eigenvalue weighted by Crippen LogP contribution is -2.42. The molecule has 0 aromatic heterocycles. The third kappa shape index (κ3) is 3.78. The highest BCUT2D eigenvalue weighted by molar-refractivity contribution is 7.89. The maximum Gasteiger partial charge on any atom is 0.243 e. The van der Waals surface area contributed by atoms with E-state index in [0.29, 0.717) is 24.7 Å². The number of ether oxygens (including phenoxy) is 3. The lowest BCUT2D eigenvalue weighted by Gasteiger charge is -2.32. The summed E-state index contributed by atoms with van der Waals surface area (Å²) in [6.45, 7) is 1.73. The molecule has 0 aliphatic carbocycles. The summed E-state index contributed by atoms with van der Waals surface area (Å²) >= 11 is 0. The zero-order valence-corrected chi connectivity index (χ0v) is 15.5. The van der Waals surface area contributed by atoms with Crippen LogP contribution in [0.4, 0.5) is 4.39 Å². The molecular formula is C19H20FNO5S. The summed E-state index contributed by atoms with van der Waals surface area (Å²) in [4.78, 5) is 0.159. The third-order valence-electron chi connectivity index (χ3n) is 4.63. The molecule has 144 valence electrons. The molecule has 1 saturated heterocycles. The van der Waals surface area contributed by atoms with E-state index in [2.05, 4.69) is 0 Å². The van der Waals surface area contributed by atoms with Gasteiger partial charge in [0.1, 0.15) is 5.82 Å². The monoisotopic (exact) mass is 393 g/mol. The number of hydrogen-bond acceptors (Lipinski definition) is 5. The van der Waals surface area contributed by atoms with E-state index in [1.807, 2.05) is 0 Å². The topological polar surface area (TPSA) is 65.1 Å². The fraction of sp³-hybridized carbons (Fsp3) is 0.368. The molecule has 1 atom stereocenters. The highest BCUT2D eigenvalue weighted by Gasteiger charge is 2.32. The SMILES string of the molecule is O=S(=O)(c1ccc2c(c1)OCCCO2)N1CCOC(c2ccc(F)cc2)C1. The molecule has 0 spiro atoms. The summed E-state index contributed by atoms with van der Waals surface area (Å²) in [7, 11) is -3.71. The molecule has 0 amide bonds. The Kier molecular flexibility index (Phi) is 5.03. The van der Waals surface area contributed by atoms with Crippen LogP contribution in [0.25, 0.3) is 0 Å². The third-order valence-corrected chi connectivity index (χ3v) is 6.49. The number of morpholine rings is 1. The van der Waals surface area contributed by atoms with Crippen LogP contribution in [-0.4, -0.2) is 45.6 Å². The van der Waals surface area contributed by atoms with Crippen LogP contribution in [0.2, 0.25) is 0 Å². The predicted molar refractivity (Wildman–Crippen MR) is 95.9 cm³/mol. The Morgan fingerprint density at radius 2 is 1.70 bits per heavy atom. The van der Waals surface area contributed by atoms with Crippen molar-refractivity contribution in [3.8, 4) is 11.5 Å². The van der Waals surface area contributed by atoms with Gasteiger partial charge in [-0.3, -0.25) is 0 Å². The van der Waals surface area contributed by atoms with Crippen molar-refractivity contribution in [3.05, 3.63) is 53.8 Å². The van der Waals surface area contributed by atoms with Gasteiger partial charge in [0.2, 0.25) is 10.0 Å². The van der Waals surface area contributed by atoms with Crippen LogP contribution in [-0.2, 0) is 14.8 Å². The number of sulfonamides is 1. The second-order valence-corrected chi connectivity index (χ2v) is 8.37. The lowest BCUT2D eigenvalue weighted by molar-refractivity contribution is -0.00259. The van der Waals surface area contributed by atoms with Gasteiger partial charge in [-0.15, -0.1) is 0 Å². The normalized spacial score (nSPS) is 20.9. The number of benzene rings is 2. The van der Waals surface area contributed by atoms with Crippen LogP contribution in [0.1, 0.15) is 18.1 Å². The second kappa shape index (κ2) is 7.46. The first-order chi connectivity index (χ1) is 13.0. The van der Waals surface area contributed by atoms with Gasteiger partial charge in [0.05, 0.1) is 30.8 Å². The smallest absolute Gasteiger partial charge is 0.243 e. The van der Waals surface area contributed by atoms with E-state index in [1.165, 1.54) is 28.6 Å². The zero-order valence-electron chi connectivity index (χ0n) is 14.6. The van der Waals surface area contributed by atoms with Crippen LogP contribution >= 0.6 is 0 Å². The van der Waals surface area contributed by atoms with E-state index in [-0.39, 0.29) is 30.4 Å². The molecule has 0 saturated carbocycles. The molecule has 4 rings (SSSR count). The first-order valence-corrected chi connectivity index (χ1v) is 10.2. The predicted octanol–water partition coefficient (Wildman–Crippen LogP) is 2.75. The van der Waals surface area contributed by atoms with Crippen molar-refractivity contribution in [1.82, 2.24) is 4.31 Å². The van der Waals surface area contributed by atoms with Crippen molar-refractivity contribution in [2.24, 2.45) is 0 Å². The van der Waals surface area contributed by atoms with Crippen LogP contribution in [0.15, 0.2) is 47.4 Å². The summed E-state index contributed by atoms with van der Waals surface area (Å²) in [6, 6.07) is 10.6. The van der Waals surface area contributed by atoms with Crippen LogP contribution in [0, 0.1) is 5.82 Å². The molecule has 1 unspecified atom stereocenters. The highest BCUT2D eigenvalue weighted by Crippen LogP contribution is 2.34. The largest absolute Gasteiger partial charge is 0.490 e. The minimum Gasteiger partial charge on any atom is -0.490 e. The fourth-order valence-electron chi connectivity index (χ4n) is 3.18. The Labute approximate surface area is 157 Å². The van der Waals surface area contributed by atoms with Gasteiger partial charge in [0.25, 0.3) is 0 Å². The quantitative estimate of drug-likeness (QED) is 0.802. The Hall–Kier alpha value is -2.16. The average molecular weight is 393 g/mol. The van der Waals surface area contributed by atoms with Gasteiger partial charge >= 0.3 is 0 Å². The van der Waals surface area contributed by atoms with Gasteiger partial charge < -0.3 is 14.2 Å². The van der Waals surface area contributed by atoms with E-state index in [9.17, 15) is 12.8 Å². The molecule has 2 aliphatic rings. The van der Waals surface area contributed by atoms with Gasteiger partial charge in [-0.05, 0) is 29.8 Å². The molecule has 0 N–H and O–H groups in total. The zero-order chi connectivity index (χ0) is 18.9. The Bertz CT molecular complexity index is 916. The Morgan fingerprint density at radius 1 is 0.963 bits per heavy atom. The minimum atomic E-state index is -3.71. The van der Waals surface area contributed by atoms with Crippen molar-refractivity contribution in [3.63, 3.8) is 0 Å². The molecule has 6 nitrogen and oxygen atoms in total. The highest BCUT2D eigenvalue weighted by atomic mass is 32.2. The van der Waals surface area contributed by atoms with Gasteiger partial charge in [0, 0.05) is 25.6 Å².